The summed E-state index contributed by atoms with van der Waals surface area (Å²) in [7, 11) is 1.63. The summed E-state index contributed by atoms with van der Waals surface area (Å²) in [6.45, 7) is 6.58. The Labute approximate surface area is 102 Å². The van der Waals surface area contributed by atoms with Gasteiger partial charge in [-0.15, -0.1) is 0 Å². The topological polar surface area (TPSA) is 89.9 Å². The maximum atomic E-state index is 11.7. The van der Waals surface area contributed by atoms with Gasteiger partial charge in [-0.1, -0.05) is 6.92 Å². The first-order valence-electron chi connectivity index (χ1n) is 5.52. The maximum absolute atomic E-state index is 11.7. The Morgan fingerprint density at radius 2 is 1.76 bits per heavy atom. The van der Waals surface area contributed by atoms with Crippen LogP contribution in [0.2, 0.25) is 0 Å². The second-order valence-electron chi connectivity index (χ2n) is 4.96. The molecule has 1 atom stereocenters. The van der Waals surface area contributed by atoms with Gasteiger partial charge in [0.2, 0.25) is 0 Å². The van der Waals surface area contributed by atoms with Crippen molar-refractivity contribution in [3.63, 3.8) is 0 Å². The van der Waals surface area contributed by atoms with Crippen LogP contribution in [0, 0.1) is 0 Å². The van der Waals surface area contributed by atoms with Crippen LogP contribution in [0.3, 0.4) is 0 Å². The number of aliphatic hydroxyl groups is 1. The zero-order chi connectivity index (χ0) is 13.9. The molecule has 3 N–H and O–H groups in total. The van der Waals surface area contributed by atoms with Crippen molar-refractivity contribution in [1.29, 1.82) is 0 Å². The first kappa shape index (κ1) is 15.7. The zero-order valence-electron chi connectivity index (χ0n) is 11.1. The lowest BCUT2D eigenvalue weighted by Gasteiger charge is -2.35. The van der Waals surface area contributed by atoms with Gasteiger partial charge in [0.05, 0.1) is 6.54 Å². The summed E-state index contributed by atoms with van der Waals surface area (Å²) in [5, 5.41) is 20.5. The molecule has 0 saturated carbocycles. The number of carbonyl (C=O) groups is 2. The summed E-state index contributed by atoms with van der Waals surface area (Å²) in [6.07, 6.45) is 0.770. The van der Waals surface area contributed by atoms with Crippen LogP contribution in [0.4, 0.5) is 4.79 Å². The van der Waals surface area contributed by atoms with E-state index < -0.39 is 17.6 Å². The van der Waals surface area contributed by atoms with E-state index in [4.69, 9.17) is 5.11 Å². The van der Waals surface area contributed by atoms with Gasteiger partial charge in [-0.3, -0.25) is 0 Å². The van der Waals surface area contributed by atoms with E-state index in [0.717, 1.165) is 13.3 Å². The molecule has 0 aromatic heterocycles. The molecule has 2 amide bonds. The van der Waals surface area contributed by atoms with Crippen LogP contribution in [0.1, 0.15) is 34.1 Å². The SMILES string of the molecule is CCC(C)(C)N(C)C(=O)NCC(C)(O)C(=O)O. The van der Waals surface area contributed by atoms with E-state index >= 15 is 0 Å². The molecule has 6 nitrogen and oxygen atoms in total. The van der Waals surface area contributed by atoms with E-state index in [-0.39, 0.29) is 12.1 Å². The summed E-state index contributed by atoms with van der Waals surface area (Å²) in [4.78, 5) is 23.9. The highest BCUT2D eigenvalue weighted by molar-refractivity contribution is 5.79. The Kier molecular flexibility index (Phi) is 4.94. The molecule has 100 valence electrons. The molecule has 0 aliphatic rings. The number of urea groups is 1. The monoisotopic (exact) mass is 246 g/mol. The molecule has 17 heavy (non-hydrogen) atoms. The van der Waals surface area contributed by atoms with Gasteiger partial charge in [0, 0.05) is 12.6 Å². The van der Waals surface area contributed by atoms with Crippen LogP contribution < -0.4 is 5.32 Å². The van der Waals surface area contributed by atoms with E-state index in [0.29, 0.717) is 0 Å². The average Bonchev–Trinajstić information content (AvgIpc) is 2.24. The minimum atomic E-state index is -1.95. The third-order valence-electron chi connectivity index (χ3n) is 3.12. The molecule has 0 aliphatic carbocycles. The molecule has 0 heterocycles. The molecule has 0 fully saturated rings. The summed E-state index contributed by atoms with van der Waals surface area (Å²) in [5.74, 6) is -1.37. The standard InChI is InChI=1S/C11H22N2O4/c1-6-10(2,3)13(5)9(16)12-7-11(4,17)8(14)15/h17H,6-7H2,1-5H3,(H,12,16)(H,14,15). The highest BCUT2D eigenvalue weighted by atomic mass is 16.4. The maximum Gasteiger partial charge on any atom is 0.337 e. The average molecular weight is 246 g/mol. The van der Waals surface area contributed by atoms with Crippen molar-refractivity contribution < 1.29 is 19.8 Å². The lowest BCUT2D eigenvalue weighted by atomic mass is 10.0. The van der Waals surface area contributed by atoms with Crippen molar-refractivity contribution in [3.8, 4) is 0 Å². The molecule has 1 unspecified atom stereocenters. The second kappa shape index (κ2) is 5.35. The van der Waals surface area contributed by atoms with E-state index in [9.17, 15) is 14.7 Å². The third-order valence-corrected chi connectivity index (χ3v) is 3.12. The van der Waals surface area contributed by atoms with Crippen LogP contribution in [-0.2, 0) is 4.79 Å². The van der Waals surface area contributed by atoms with Gasteiger partial charge in [0.1, 0.15) is 0 Å². The number of rotatable bonds is 5. The molecule has 0 spiro atoms. The van der Waals surface area contributed by atoms with Crippen molar-refractivity contribution in [1.82, 2.24) is 10.2 Å². The Balaban J connectivity index is 4.43. The molecule has 0 aromatic rings. The van der Waals surface area contributed by atoms with Crippen molar-refractivity contribution >= 4 is 12.0 Å². The fraction of sp³-hybridized carbons (Fsp3) is 0.818. The van der Waals surface area contributed by atoms with Gasteiger partial charge in [0.15, 0.2) is 5.60 Å². The number of aliphatic carboxylic acids is 1. The highest BCUT2D eigenvalue weighted by Crippen LogP contribution is 2.16. The molecule has 0 aliphatic heterocycles. The van der Waals surface area contributed by atoms with Crippen LogP contribution in [0.25, 0.3) is 0 Å². The second-order valence-corrected chi connectivity index (χ2v) is 4.96. The summed E-state index contributed by atoms with van der Waals surface area (Å²) < 4.78 is 0. The van der Waals surface area contributed by atoms with Crippen LogP contribution >= 0.6 is 0 Å². The lowest BCUT2D eigenvalue weighted by molar-refractivity contribution is -0.155. The largest absolute Gasteiger partial charge is 0.479 e. The van der Waals surface area contributed by atoms with Gasteiger partial charge >= 0.3 is 12.0 Å². The van der Waals surface area contributed by atoms with Crippen molar-refractivity contribution in [2.45, 2.75) is 45.3 Å². The number of carbonyl (C=O) groups excluding carboxylic acids is 1. The first-order valence-corrected chi connectivity index (χ1v) is 5.52. The number of carboxylic acids is 1. The van der Waals surface area contributed by atoms with Crippen molar-refractivity contribution in [3.05, 3.63) is 0 Å². The Bertz CT molecular complexity index is 300. The smallest absolute Gasteiger partial charge is 0.337 e. The normalized spacial score (nSPS) is 14.9. The lowest BCUT2D eigenvalue weighted by Crippen LogP contribution is -2.53. The molecule has 0 radical (unpaired) electrons. The molecular weight excluding hydrogens is 224 g/mol. The highest BCUT2D eigenvalue weighted by Gasteiger charge is 2.32. The number of nitrogens with one attached hydrogen (secondary N) is 1. The minimum absolute atomic E-state index is 0.320. The number of hydrogen-bond acceptors (Lipinski definition) is 3. The Morgan fingerprint density at radius 3 is 2.12 bits per heavy atom. The summed E-state index contributed by atoms with van der Waals surface area (Å²) >= 11 is 0. The van der Waals surface area contributed by atoms with Gasteiger partial charge < -0.3 is 20.4 Å². The Hall–Kier alpha value is -1.30. The number of amides is 2. The zero-order valence-corrected chi connectivity index (χ0v) is 11.1. The molecule has 0 rings (SSSR count). The van der Waals surface area contributed by atoms with Crippen LogP contribution in [0.15, 0.2) is 0 Å². The van der Waals surface area contributed by atoms with Gasteiger partial charge in [-0.2, -0.15) is 0 Å². The molecule has 0 aromatic carbocycles. The van der Waals surface area contributed by atoms with Crippen molar-refractivity contribution in [2.24, 2.45) is 0 Å². The quantitative estimate of drug-likeness (QED) is 0.664. The van der Waals surface area contributed by atoms with Gasteiger partial charge in [-0.05, 0) is 27.2 Å². The predicted octanol–water partition coefficient (Wildman–Crippen LogP) is 0.652. The van der Waals surface area contributed by atoms with Gasteiger partial charge in [0.25, 0.3) is 0 Å². The van der Waals surface area contributed by atoms with Crippen LogP contribution in [0.5, 0.6) is 0 Å². The molecule has 0 bridgehead atoms. The molecular formula is C11H22N2O4. The van der Waals surface area contributed by atoms with E-state index in [1.807, 2.05) is 20.8 Å². The summed E-state index contributed by atoms with van der Waals surface area (Å²) in [6, 6.07) is -0.404. The van der Waals surface area contributed by atoms with E-state index in [1.54, 1.807) is 7.05 Å². The molecule has 6 heteroatoms. The minimum Gasteiger partial charge on any atom is -0.479 e. The fourth-order valence-corrected chi connectivity index (χ4v) is 0.954. The number of nitrogens with zero attached hydrogens (tertiary/aromatic N) is 1. The van der Waals surface area contributed by atoms with E-state index in [2.05, 4.69) is 5.32 Å². The molecule has 0 saturated heterocycles. The first-order chi connectivity index (χ1) is 7.54. The fourth-order valence-electron chi connectivity index (χ4n) is 0.954. The number of carboxylic acid groups (broad SMARTS) is 1. The van der Waals surface area contributed by atoms with E-state index in [1.165, 1.54) is 4.90 Å². The van der Waals surface area contributed by atoms with Gasteiger partial charge in [-0.25, -0.2) is 9.59 Å². The van der Waals surface area contributed by atoms with Crippen LogP contribution in [-0.4, -0.2) is 51.8 Å². The number of hydrogen-bond donors (Lipinski definition) is 3. The Morgan fingerprint density at radius 1 is 1.29 bits per heavy atom. The summed E-state index contributed by atoms with van der Waals surface area (Å²) in [5.41, 5.74) is -2.27. The third kappa shape index (κ3) is 4.22. The van der Waals surface area contributed by atoms with Crippen molar-refractivity contribution in [2.75, 3.05) is 13.6 Å². The predicted molar refractivity (Wildman–Crippen MR) is 63.8 cm³/mol.